The number of furan rings is 1. The summed E-state index contributed by atoms with van der Waals surface area (Å²) in [6, 6.07) is 4.12. The third-order valence-electron chi connectivity index (χ3n) is 4.65. The second kappa shape index (κ2) is 8.50. The maximum Gasteiger partial charge on any atom is 0.194 e. The molecule has 2 fully saturated rings. The zero-order valence-electron chi connectivity index (χ0n) is 14.4. The molecule has 0 bridgehead atoms. The Morgan fingerprint density at radius 3 is 2.96 bits per heavy atom. The lowest BCUT2D eigenvalue weighted by Gasteiger charge is -2.32. The second-order valence-corrected chi connectivity index (χ2v) is 6.26. The zero-order valence-corrected chi connectivity index (χ0v) is 14.4. The lowest BCUT2D eigenvalue weighted by Crippen LogP contribution is -2.46. The fraction of sp³-hybridized carbons (Fsp3) is 0.706. The molecule has 2 aliphatic heterocycles. The Hall–Kier alpha value is -1.57. The Balaban J connectivity index is 1.57. The molecule has 24 heavy (non-hydrogen) atoms. The quantitative estimate of drug-likeness (QED) is 0.609. The molecular formula is C17H28N4O3. The standard InChI is InChI=1S/C17H28N4O3/c1-2-18-17(19-12-15(22)16-4-3-9-24-16)21-6-5-14(13-21)20-7-10-23-11-8-20/h3-4,9,14-15,22H,2,5-8,10-13H2,1H3,(H,18,19). The third kappa shape index (κ3) is 4.28. The van der Waals surface area contributed by atoms with Crippen molar-refractivity contribution in [2.24, 2.45) is 4.99 Å². The van der Waals surface area contributed by atoms with Gasteiger partial charge in [0.2, 0.25) is 0 Å². The molecule has 0 aromatic carbocycles. The van der Waals surface area contributed by atoms with Crippen molar-refractivity contribution in [1.29, 1.82) is 0 Å². The molecule has 3 heterocycles. The van der Waals surface area contributed by atoms with Crippen LogP contribution in [0.2, 0.25) is 0 Å². The van der Waals surface area contributed by atoms with Crippen molar-refractivity contribution in [3.8, 4) is 0 Å². The van der Waals surface area contributed by atoms with Crippen LogP contribution in [0.5, 0.6) is 0 Å². The first-order valence-electron chi connectivity index (χ1n) is 8.84. The maximum absolute atomic E-state index is 10.2. The first-order valence-corrected chi connectivity index (χ1v) is 8.84. The number of likely N-dealkylation sites (tertiary alicyclic amines) is 1. The topological polar surface area (TPSA) is 73.5 Å². The number of hydrogen-bond donors (Lipinski definition) is 2. The van der Waals surface area contributed by atoms with Gasteiger partial charge in [-0.1, -0.05) is 0 Å². The number of nitrogens with zero attached hydrogens (tertiary/aromatic N) is 3. The van der Waals surface area contributed by atoms with Crippen molar-refractivity contribution in [2.45, 2.75) is 25.5 Å². The summed E-state index contributed by atoms with van der Waals surface area (Å²) in [4.78, 5) is 9.42. The van der Waals surface area contributed by atoms with Gasteiger partial charge in [0.25, 0.3) is 0 Å². The van der Waals surface area contributed by atoms with Gasteiger partial charge in [-0.25, -0.2) is 4.99 Å². The summed E-state index contributed by atoms with van der Waals surface area (Å²) in [5.41, 5.74) is 0. The summed E-state index contributed by atoms with van der Waals surface area (Å²) in [5.74, 6) is 1.43. The molecule has 0 amide bonds. The minimum absolute atomic E-state index is 0.300. The molecule has 7 nitrogen and oxygen atoms in total. The minimum Gasteiger partial charge on any atom is -0.467 e. The predicted molar refractivity (Wildman–Crippen MR) is 92.0 cm³/mol. The molecule has 2 saturated heterocycles. The third-order valence-corrected chi connectivity index (χ3v) is 4.65. The summed E-state index contributed by atoms with van der Waals surface area (Å²) >= 11 is 0. The molecule has 0 radical (unpaired) electrons. The highest BCUT2D eigenvalue weighted by Gasteiger charge is 2.30. The number of rotatable bonds is 5. The Morgan fingerprint density at radius 2 is 2.25 bits per heavy atom. The molecular weight excluding hydrogens is 308 g/mol. The van der Waals surface area contributed by atoms with Crippen LogP contribution in [0.4, 0.5) is 0 Å². The van der Waals surface area contributed by atoms with Crippen molar-refractivity contribution in [1.82, 2.24) is 15.1 Å². The predicted octanol–water partition coefficient (Wildman–Crippen LogP) is 0.685. The van der Waals surface area contributed by atoms with Crippen LogP contribution in [0.3, 0.4) is 0 Å². The fourth-order valence-electron chi connectivity index (χ4n) is 3.34. The van der Waals surface area contributed by atoms with Crippen LogP contribution >= 0.6 is 0 Å². The molecule has 1 aromatic rings. The largest absolute Gasteiger partial charge is 0.467 e. The molecule has 2 N–H and O–H groups in total. The summed E-state index contributed by atoms with van der Waals surface area (Å²) in [6.45, 7) is 8.84. The van der Waals surface area contributed by atoms with Crippen molar-refractivity contribution in [3.63, 3.8) is 0 Å². The van der Waals surface area contributed by atoms with E-state index in [0.29, 0.717) is 18.3 Å². The van der Waals surface area contributed by atoms with E-state index in [1.807, 2.05) is 0 Å². The Labute approximate surface area is 143 Å². The fourth-order valence-corrected chi connectivity index (χ4v) is 3.34. The highest BCUT2D eigenvalue weighted by molar-refractivity contribution is 5.80. The van der Waals surface area contributed by atoms with Gasteiger partial charge in [-0.2, -0.15) is 0 Å². The highest BCUT2D eigenvalue weighted by Crippen LogP contribution is 2.18. The Morgan fingerprint density at radius 1 is 1.42 bits per heavy atom. The van der Waals surface area contributed by atoms with Crippen molar-refractivity contribution in [2.75, 3.05) is 52.5 Å². The van der Waals surface area contributed by atoms with Gasteiger partial charge < -0.3 is 24.5 Å². The van der Waals surface area contributed by atoms with E-state index in [2.05, 4.69) is 27.0 Å². The molecule has 2 atom stereocenters. The summed E-state index contributed by atoms with van der Waals surface area (Å²) in [5, 5.41) is 13.5. The van der Waals surface area contributed by atoms with Gasteiger partial charge in [-0.3, -0.25) is 4.90 Å². The van der Waals surface area contributed by atoms with Gasteiger partial charge in [0, 0.05) is 38.8 Å². The molecule has 0 spiro atoms. The number of hydrogen-bond acceptors (Lipinski definition) is 5. The number of guanidine groups is 1. The summed E-state index contributed by atoms with van der Waals surface area (Å²) in [6.07, 6.45) is 2.01. The molecule has 2 aliphatic rings. The van der Waals surface area contributed by atoms with Crippen LogP contribution in [0, 0.1) is 0 Å². The number of ether oxygens (including phenoxy) is 1. The van der Waals surface area contributed by atoms with Gasteiger partial charge in [0.05, 0.1) is 26.0 Å². The first kappa shape index (κ1) is 17.3. The van der Waals surface area contributed by atoms with E-state index in [9.17, 15) is 5.11 Å². The SMILES string of the molecule is CCNC(=NCC(O)c1ccco1)N1CCC(N2CCOCC2)C1. The van der Waals surface area contributed by atoms with Crippen molar-refractivity contribution < 1.29 is 14.3 Å². The lowest BCUT2D eigenvalue weighted by molar-refractivity contribution is 0.0194. The van der Waals surface area contributed by atoms with Crippen LogP contribution in [0.15, 0.2) is 27.8 Å². The van der Waals surface area contributed by atoms with Gasteiger partial charge in [-0.15, -0.1) is 0 Å². The van der Waals surface area contributed by atoms with E-state index in [-0.39, 0.29) is 0 Å². The van der Waals surface area contributed by atoms with E-state index < -0.39 is 6.10 Å². The molecule has 0 saturated carbocycles. The average molecular weight is 336 g/mol. The smallest absolute Gasteiger partial charge is 0.194 e. The van der Waals surface area contributed by atoms with E-state index in [0.717, 1.165) is 58.3 Å². The number of morpholine rings is 1. The van der Waals surface area contributed by atoms with Gasteiger partial charge >= 0.3 is 0 Å². The van der Waals surface area contributed by atoms with Gasteiger partial charge in [0.1, 0.15) is 11.9 Å². The van der Waals surface area contributed by atoms with Crippen LogP contribution < -0.4 is 5.32 Å². The van der Waals surface area contributed by atoms with Crippen LogP contribution in [0.1, 0.15) is 25.2 Å². The van der Waals surface area contributed by atoms with Crippen LogP contribution in [-0.4, -0.2) is 79.4 Å². The van der Waals surface area contributed by atoms with E-state index in [1.165, 1.54) is 0 Å². The molecule has 134 valence electrons. The van der Waals surface area contributed by atoms with Crippen molar-refractivity contribution in [3.05, 3.63) is 24.2 Å². The average Bonchev–Trinajstić information content (AvgIpc) is 3.30. The highest BCUT2D eigenvalue weighted by atomic mass is 16.5. The number of aliphatic hydroxyl groups is 1. The molecule has 1 aromatic heterocycles. The number of nitrogens with one attached hydrogen (secondary N) is 1. The van der Waals surface area contributed by atoms with Gasteiger partial charge in [0.15, 0.2) is 5.96 Å². The van der Waals surface area contributed by atoms with E-state index in [4.69, 9.17) is 9.15 Å². The Bertz CT molecular complexity index is 514. The van der Waals surface area contributed by atoms with E-state index in [1.54, 1.807) is 18.4 Å². The number of aliphatic hydroxyl groups excluding tert-OH is 1. The first-order chi connectivity index (χ1) is 11.8. The summed E-state index contributed by atoms with van der Waals surface area (Å²) in [7, 11) is 0. The zero-order chi connectivity index (χ0) is 16.8. The molecule has 3 rings (SSSR count). The molecule has 2 unspecified atom stereocenters. The summed E-state index contributed by atoms with van der Waals surface area (Å²) < 4.78 is 10.7. The van der Waals surface area contributed by atoms with Crippen molar-refractivity contribution >= 4 is 5.96 Å². The van der Waals surface area contributed by atoms with Gasteiger partial charge in [-0.05, 0) is 25.5 Å². The Kier molecular flexibility index (Phi) is 6.12. The second-order valence-electron chi connectivity index (χ2n) is 6.26. The van der Waals surface area contributed by atoms with Crippen LogP contribution in [-0.2, 0) is 4.74 Å². The molecule has 7 heteroatoms. The van der Waals surface area contributed by atoms with Crippen LogP contribution in [0.25, 0.3) is 0 Å². The minimum atomic E-state index is -0.703. The normalized spacial score (nSPS) is 24.3. The maximum atomic E-state index is 10.2. The monoisotopic (exact) mass is 336 g/mol. The van der Waals surface area contributed by atoms with E-state index >= 15 is 0 Å². The lowest BCUT2D eigenvalue weighted by atomic mass is 10.2. The number of aliphatic imine (C=N–C) groups is 1. The molecule has 0 aliphatic carbocycles.